The van der Waals surface area contributed by atoms with Gasteiger partial charge in [-0.15, -0.1) is 0 Å². The highest BCUT2D eigenvalue weighted by Gasteiger charge is 2.33. The molecule has 1 unspecified atom stereocenters. The molecule has 1 aliphatic heterocycles. The molecular formula is C22H36N2O7. The first-order valence-corrected chi connectivity index (χ1v) is 11.2. The van der Waals surface area contributed by atoms with Gasteiger partial charge in [0.2, 0.25) is 0 Å². The monoisotopic (exact) mass is 440 g/mol. The van der Waals surface area contributed by atoms with Crippen molar-refractivity contribution in [1.29, 1.82) is 0 Å². The standard InChI is InChI=1S/C22H36N2O7/c1-22(2,3)31-20(27)17(9-12-25)23-21(28)30-18(15-16-7-5-4-6-8-16)19(26)24-10-13-29-14-11-24/h12,16-18H,4-11,13-15H2,1-3H3,(H,23,28)/t17?,18-/m0/s1. The number of morpholine rings is 1. The summed E-state index contributed by atoms with van der Waals surface area (Å²) in [6, 6.07) is -1.17. The van der Waals surface area contributed by atoms with Gasteiger partial charge in [0.25, 0.3) is 5.91 Å². The van der Waals surface area contributed by atoms with Gasteiger partial charge in [-0.05, 0) is 33.1 Å². The van der Waals surface area contributed by atoms with Crippen molar-refractivity contribution >= 4 is 24.3 Å². The second-order valence-electron chi connectivity index (χ2n) is 9.20. The Kier molecular flexibility index (Phi) is 9.74. The zero-order chi connectivity index (χ0) is 22.9. The van der Waals surface area contributed by atoms with Gasteiger partial charge in [0.05, 0.1) is 13.2 Å². The van der Waals surface area contributed by atoms with Gasteiger partial charge in [0, 0.05) is 19.5 Å². The van der Waals surface area contributed by atoms with Crippen LogP contribution in [0.2, 0.25) is 0 Å². The average Bonchev–Trinajstić information content (AvgIpc) is 2.72. The molecule has 2 amide bonds. The predicted molar refractivity (Wildman–Crippen MR) is 112 cm³/mol. The normalized spacial score (nSPS) is 19.8. The van der Waals surface area contributed by atoms with Crippen LogP contribution in [0.4, 0.5) is 4.79 Å². The summed E-state index contributed by atoms with van der Waals surface area (Å²) in [6.07, 6.45) is 4.31. The van der Waals surface area contributed by atoms with Crippen LogP contribution in [0, 0.1) is 5.92 Å². The Hall–Kier alpha value is -2.16. The first kappa shape index (κ1) is 25.1. The third-order valence-corrected chi connectivity index (χ3v) is 5.43. The largest absolute Gasteiger partial charge is 0.458 e. The van der Waals surface area contributed by atoms with Gasteiger partial charge in [0.1, 0.15) is 17.9 Å². The number of esters is 1. The van der Waals surface area contributed by atoms with Crippen LogP contribution in [0.5, 0.6) is 0 Å². The summed E-state index contributed by atoms with van der Waals surface area (Å²) < 4.78 is 16.1. The lowest BCUT2D eigenvalue weighted by molar-refractivity contribution is -0.158. The molecule has 31 heavy (non-hydrogen) atoms. The second-order valence-corrected chi connectivity index (χ2v) is 9.20. The Balaban J connectivity index is 2.03. The number of hydrogen-bond acceptors (Lipinski definition) is 7. The molecule has 0 spiro atoms. The number of alkyl carbamates (subject to hydrolysis) is 1. The van der Waals surface area contributed by atoms with Crippen molar-refractivity contribution < 1.29 is 33.4 Å². The number of amides is 2. The molecule has 2 aliphatic rings. The van der Waals surface area contributed by atoms with Crippen LogP contribution in [0.1, 0.15) is 65.7 Å². The van der Waals surface area contributed by atoms with Crippen LogP contribution in [-0.4, -0.2) is 73.2 Å². The van der Waals surface area contributed by atoms with Gasteiger partial charge in [-0.2, -0.15) is 0 Å². The van der Waals surface area contributed by atoms with Gasteiger partial charge in [-0.1, -0.05) is 32.1 Å². The summed E-state index contributed by atoms with van der Waals surface area (Å²) in [6.45, 7) is 6.91. The summed E-state index contributed by atoms with van der Waals surface area (Å²) in [5.41, 5.74) is -0.764. The van der Waals surface area contributed by atoms with Crippen LogP contribution in [0.15, 0.2) is 0 Å². The average molecular weight is 441 g/mol. The molecule has 0 aromatic carbocycles. The molecule has 1 heterocycles. The van der Waals surface area contributed by atoms with Crippen LogP contribution in [-0.2, 0) is 28.6 Å². The lowest BCUT2D eigenvalue weighted by Crippen LogP contribution is -2.50. The minimum atomic E-state index is -1.17. The molecule has 0 bridgehead atoms. The maximum Gasteiger partial charge on any atom is 0.408 e. The van der Waals surface area contributed by atoms with Crippen LogP contribution in [0.25, 0.3) is 0 Å². The van der Waals surface area contributed by atoms with E-state index in [-0.39, 0.29) is 12.3 Å². The third kappa shape index (κ3) is 8.85. The van der Waals surface area contributed by atoms with E-state index >= 15 is 0 Å². The second kappa shape index (κ2) is 12.0. The third-order valence-electron chi connectivity index (χ3n) is 5.43. The van der Waals surface area contributed by atoms with Gasteiger partial charge in [0.15, 0.2) is 6.10 Å². The zero-order valence-electron chi connectivity index (χ0n) is 18.9. The van der Waals surface area contributed by atoms with Crippen molar-refractivity contribution in [2.75, 3.05) is 26.3 Å². The molecule has 2 rings (SSSR count). The molecular weight excluding hydrogens is 404 g/mol. The number of hydrogen-bond donors (Lipinski definition) is 1. The van der Waals surface area contributed by atoms with E-state index in [1.165, 1.54) is 6.42 Å². The van der Waals surface area contributed by atoms with Crippen molar-refractivity contribution in [2.24, 2.45) is 5.92 Å². The van der Waals surface area contributed by atoms with Crippen LogP contribution >= 0.6 is 0 Å². The maximum absolute atomic E-state index is 13.1. The predicted octanol–water partition coefficient (Wildman–Crippen LogP) is 2.21. The highest BCUT2D eigenvalue weighted by molar-refractivity contribution is 5.86. The number of nitrogens with zero attached hydrogens (tertiary/aromatic N) is 1. The fourth-order valence-electron chi connectivity index (χ4n) is 3.90. The quantitative estimate of drug-likeness (QED) is 0.455. The molecule has 1 aliphatic carbocycles. The molecule has 0 aromatic rings. The smallest absolute Gasteiger partial charge is 0.408 e. The van der Waals surface area contributed by atoms with Crippen molar-refractivity contribution in [3.05, 3.63) is 0 Å². The maximum atomic E-state index is 13.1. The fraction of sp³-hybridized carbons (Fsp3) is 0.818. The summed E-state index contributed by atoms with van der Waals surface area (Å²) in [7, 11) is 0. The van der Waals surface area contributed by atoms with Gasteiger partial charge < -0.3 is 29.2 Å². The summed E-state index contributed by atoms with van der Waals surface area (Å²) in [5, 5.41) is 2.40. The molecule has 9 nitrogen and oxygen atoms in total. The Labute approximate surface area is 184 Å². The van der Waals surface area contributed by atoms with Gasteiger partial charge >= 0.3 is 12.1 Å². The van der Waals surface area contributed by atoms with Crippen LogP contribution in [0.3, 0.4) is 0 Å². The van der Waals surface area contributed by atoms with E-state index < -0.39 is 29.8 Å². The number of nitrogens with one attached hydrogen (secondary N) is 1. The van der Waals surface area contributed by atoms with E-state index in [0.29, 0.717) is 44.9 Å². The fourth-order valence-corrected chi connectivity index (χ4v) is 3.90. The minimum absolute atomic E-state index is 0.241. The summed E-state index contributed by atoms with van der Waals surface area (Å²) in [5.74, 6) is -0.652. The highest BCUT2D eigenvalue weighted by atomic mass is 16.6. The Morgan fingerprint density at radius 2 is 1.77 bits per heavy atom. The molecule has 9 heteroatoms. The van der Waals surface area contributed by atoms with Crippen molar-refractivity contribution in [2.45, 2.75) is 83.5 Å². The molecule has 1 saturated carbocycles. The Morgan fingerprint density at radius 3 is 2.35 bits per heavy atom. The van der Waals surface area contributed by atoms with E-state index in [2.05, 4.69) is 5.32 Å². The van der Waals surface area contributed by atoms with E-state index in [1.807, 2.05) is 0 Å². The number of rotatable bonds is 8. The first-order chi connectivity index (χ1) is 14.7. The SMILES string of the molecule is CC(C)(C)OC(=O)C(CC=O)NC(=O)O[C@@H](CC1CCCCC1)C(=O)N1CCOCC1. The molecule has 2 atom stereocenters. The lowest BCUT2D eigenvalue weighted by atomic mass is 9.85. The number of aldehydes is 1. The molecule has 1 N–H and O–H groups in total. The number of carbonyl (C=O) groups excluding carboxylic acids is 4. The molecule has 1 saturated heterocycles. The van der Waals surface area contributed by atoms with E-state index in [9.17, 15) is 19.2 Å². The van der Waals surface area contributed by atoms with E-state index in [4.69, 9.17) is 14.2 Å². The van der Waals surface area contributed by atoms with Crippen molar-refractivity contribution in [3.63, 3.8) is 0 Å². The zero-order valence-corrected chi connectivity index (χ0v) is 18.9. The molecule has 176 valence electrons. The number of ether oxygens (including phenoxy) is 3. The van der Waals surface area contributed by atoms with Crippen molar-refractivity contribution in [3.8, 4) is 0 Å². The van der Waals surface area contributed by atoms with Gasteiger partial charge in [-0.3, -0.25) is 4.79 Å². The van der Waals surface area contributed by atoms with Crippen molar-refractivity contribution in [1.82, 2.24) is 10.2 Å². The Bertz CT molecular complexity index is 620. The molecule has 2 fully saturated rings. The van der Waals surface area contributed by atoms with E-state index in [0.717, 1.165) is 25.7 Å². The van der Waals surface area contributed by atoms with Crippen LogP contribution < -0.4 is 5.32 Å². The van der Waals surface area contributed by atoms with Gasteiger partial charge in [-0.25, -0.2) is 9.59 Å². The lowest BCUT2D eigenvalue weighted by Gasteiger charge is -2.32. The number of carbonyl (C=O) groups is 4. The topological polar surface area (TPSA) is 111 Å². The summed E-state index contributed by atoms with van der Waals surface area (Å²) in [4.78, 5) is 50.6. The minimum Gasteiger partial charge on any atom is -0.458 e. The Morgan fingerprint density at radius 1 is 1.13 bits per heavy atom. The molecule has 0 radical (unpaired) electrons. The summed E-state index contributed by atoms with van der Waals surface area (Å²) >= 11 is 0. The molecule has 0 aromatic heterocycles. The van der Waals surface area contributed by atoms with E-state index in [1.54, 1.807) is 25.7 Å². The first-order valence-electron chi connectivity index (χ1n) is 11.2. The highest BCUT2D eigenvalue weighted by Crippen LogP contribution is 2.28.